The molecule has 0 aliphatic rings. The van der Waals surface area contributed by atoms with E-state index in [1.54, 1.807) is 12.1 Å². The second kappa shape index (κ2) is 4.63. The first-order chi connectivity index (χ1) is 6.93. The molecule has 3 N–H and O–H groups in total. The van der Waals surface area contributed by atoms with Crippen LogP contribution in [0.2, 0.25) is 0 Å². The Morgan fingerprint density at radius 3 is 2.53 bits per heavy atom. The van der Waals surface area contributed by atoms with Crippen LogP contribution >= 0.6 is 15.9 Å². The van der Waals surface area contributed by atoms with E-state index in [4.69, 9.17) is 10.8 Å². The Morgan fingerprint density at radius 2 is 2.13 bits per heavy atom. The van der Waals surface area contributed by atoms with Gasteiger partial charge >= 0.3 is 5.97 Å². The van der Waals surface area contributed by atoms with Crippen molar-refractivity contribution in [2.75, 3.05) is 19.0 Å². The molecule has 15 heavy (non-hydrogen) atoms. The van der Waals surface area contributed by atoms with Crippen LogP contribution in [0.25, 0.3) is 0 Å². The van der Waals surface area contributed by atoms with Gasteiger partial charge in [0.15, 0.2) is 0 Å². The van der Waals surface area contributed by atoms with Crippen LogP contribution in [0.15, 0.2) is 22.7 Å². The average Bonchev–Trinajstić information content (AvgIpc) is 2.15. The van der Waals surface area contributed by atoms with Gasteiger partial charge in [-0.05, 0) is 33.6 Å². The summed E-state index contributed by atoms with van der Waals surface area (Å²) in [5.74, 6) is -1.03. The third kappa shape index (κ3) is 2.70. The molecule has 82 valence electrons. The first-order valence-corrected chi connectivity index (χ1v) is 5.18. The van der Waals surface area contributed by atoms with Crippen LogP contribution in [0.1, 0.15) is 11.6 Å². The molecule has 0 spiro atoms. The van der Waals surface area contributed by atoms with E-state index in [0.29, 0.717) is 5.56 Å². The van der Waals surface area contributed by atoms with Crippen molar-refractivity contribution in [1.29, 1.82) is 0 Å². The molecule has 0 fully saturated rings. The lowest BCUT2D eigenvalue weighted by Gasteiger charge is -2.16. The van der Waals surface area contributed by atoms with Gasteiger partial charge in [0.05, 0.1) is 5.69 Å². The normalized spacial score (nSPS) is 12.3. The number of carboxylic acid groups (broad SMARTS) is 1. The predicted octanol–water partition coefficient (Wildman–Crippen LogP) is 1.60. The highest BCUT2D eigenvalue weighted by Gasteiger charge is 2.15. The minimum Gasteiger partial charge on any atom is -0.480 e. The van der Waals surface area contributed by atoms with E-state index in [-0.39, 0.29) is 0 Å². The molecule has 0 saturated carbocycles. The Morgan fingerprint density at radius 1 is 1.53 bits per heavy atom. The Labute approximate surface area is 96.8 Å². The van der Waals surface area contributed by atoms with Crippen molar-refractivity contribution in [3.05, 3.63) is 28.2 Å². The topological polar surface area (TPSA) is 66.6 Å². The van der Waals surface area contributed by atoms with Gasteiger partial charge in [-0.2, -0.15) is 0 Å². The summed E-state index contributed by atoms with van der Waals surface area (Å²) >= 11 is 3.37. The lowest BCUT2D eigenvalue weighted by molar-refractivity contribution is -0.138. The number of aliphatic carboxylic acids is 1. The fraction of sp³-hybridized carbons (Fsp3) is 0.300. The van der Waals surface area contributed by atoms with Crippen LogP contribution in [0, 0.1) is 0 Å². The Hall–Kier alpha value is -1.07. The molecule has 1 unspecified atom stereocenters. The van der Waals surface area contributed by atoms with Crippen molar-refractivity contribution in [3.8, 4) is 0 Å². The van der Waals surface area contributed by atoms with E-state index >= 15 is 0 Å². The van der Waals surface area contributed by atoms with Crippen molar-refractivity contribution >= 4 is 27.6 Å². The molecule has 1 atom stereocenters. The smallest absolute Gasteiger partial charge is 0.325 e. The molecule has 1 aromatic carbocycles. The van der Waals surface area contributed by atoms with E-state index in [2.05, 4.69) is 15.9 Å². The number of nitrogens with zero attached hydrogens (tertiary/aromatic N) is 1. The van der Waals surface area contributed by atoms with Crippen molar-refractivity contribution in [2.24, 2.45) is 5.73 Å². The van der Waals surface area contributed by atoms with Crippen molar-refractivity contribution in [3.63, 3.8) is 0 Å². The third-order valence-corrected chi connectivity index (χ3v) is 2.71. The summed E-state index contributed by atoms with van der Waals surface area (Å²) in [4.78, 5) is 12.6. The summed E-state index contributed by atoms with van der Waals surface area (Å²) in [6.45, 7) is 0. The molecule has 4 nitrogen and oxygen atoms in total. The molecule has 0 heterocycles. The van der Waals surface area contributed by atoms with Gasteiger partial charge in [0, 0.05) is 18.6 Å². The number of anilines is 1. The minimum absolute atomic E-state index is 0.583. The Kier molecular flexibility index (Phi) is 3.71. The van der Waals surface area contributed by atoms with Gasteiger partial charge in [-0.1, -0.05) is 6.07 Å². The zero-order chi connectivity index (χ0) is 11.6. The SMILES string of the molecule is CN(C)c1ccc(C(N)C(=O)O)cc1Br. The molecule has 0 amide bonds. The van der Waals surface area contributed by atoms with Crippen LogP contribution in [-0.2, 0) is 4.79 Å². The summed E-state index contributed by atoms with van der Waals surface area (Å²) in [5.41, 5.74) is 7.06. The van der Waals surface area contributed by atoms with Crippen molar-refractivity contribution in [2.45, 2.75) is 6.04 Å². The van der Waals surface area contributed by atoms with E-state index < -0.39 is 12.0 Å². The van der Waals surface area contributed by atoms with Crippen LogP contribution in [0.3, 0.4) is 0 Å². The number of nitrogens with two attached hydrogens (primary N) is 1. The van der Waals surface area contributed by atoms with E-state index in [9.17, 15) is 4.79 Å². The minimum atomic E-state index is -1.03. The highest BCUT2D eigenvalue weighted by Crippen LogP contribution is 2.27. The maximum absolute atomic E-state index is 10.7. The maximum Gasteiger partial charge on any atom is 0.325 e. The molecule has 1 rings (SSSR count). The summed E-state index contributed by atoms with van der Waals surface area (Å²) in [5, 5.41) is 8.75. The van der Waals surface area contributed by atoms with Gasteiger partial charge in [-0.15, -0.1) is 0 Å². The van der Waals surface area contributed by atoms with E-state index in [1.165, 1.54) is 0 Å². The van der Waals surface area contributed by atoms with Crippen molar-refractivity contribution in [1.82, 2.24) is 0 Å². The predicted molar refractivity (Wildman–Crippen MR) is 63.0 cm³/mol. The Bertz CT molecular complexity index is 380. The second-order valence-electron chi connectivity index (χ2n) is 3.42. The summed E-state index contributed by atoms with van der Waals surface area (Å²) in [7, 11) is 3.83. The molecule has 5 heteroatoms. The van der Waals surface area contributed by atoms with E-state index in [0.717, 1.165) is 10.2 Å². The molecule has 0 aliphatic heterocycles. The number of benzene rings is 1. The third-order valence-electron chi connectivity index (χ3n) is 2.08. The zero-order valence-corrected chi connectivity index (χ0v) is 10.2. The molecular formula is C10H13BrN2O2. The largest absolute Gasteiger partial charge is 0.480 e. The van der Waals surface area contributed by atoms with Gasteiger partial charge < -0.3 is 15.7 Å². The highest BCUT2D eigenvalue weighted by molar-refractivity contribution is 9.10. The number of halogens is 1. The lowest BCUT2D eigenvalue weighted by Crippen LogP contribution is -2.20. The zero-order valence-electron chi connectivity index (χ0n) is 8.57. The van der Waals surface area contributed by atoms with Crippen LogP contribution < -0.4 is 10.6 Å². The lowest BCUT2D eigenvalue weighted by atomic mass is 10.1. The summed E-state index contributed by atoms with van der Waals surface area (Å²) in [6.07, 6.45) is 0. The molecular weight excluding hydrogens is 260 g/mol. The molecule has 0 bridgehead atoms. The number of hydrogen-bond donors (Lipinski definition) is 2. The molecule has 0 aliphatic carbocycles. The Balaban J connectivity index is 3.06. The number of rotatable bonds is 3. The molecule has 1 aromatic rings. The summed E-state index contributed by atoms with van der Waals surface area (Å²) < 4.78 is 0.835. The van der Waals surface area contributed by atoms with Gasteiger partial charge in [0.2, 0.25) is 0 Å². The molecule has 0 aromatic heterocycles. The fourth-order valence-electron chi connectivity index (χ4n) is 1.22. The van der Waals surface area contributed by atoms with Crippen molar-refractivity contribution < 1.29 is 9.90 Å². The number of hydrogen-bond acceptors (Lipinski definition) is 3. The monoisotopic (exact) mass is 272 g/mol. The first-order valence-electron chi connectivity index (χ1n) is 4.38. The second-order valence-corrected chi connectivity index (χ2v) is 4.28. The fourth-order valence-corrected chi connectivity index (χ4v) is 1.97. The van der Waals surface area contributed by atoms with Crippen LogP contribution in [-0.4, -0.2) is 25.2 Å². The van der Waals surface area contributed by atoms with Crippen LogP contribution in [0.4, 0.5) is 5.69 Å². The van der Waals surface area contributed by atoms with Gasteiger partial charge in [0.25, 0.3) is 0 Å². The van der Waals surface area contributed by atoms with Gasteiger partial charge in [-0.25, -0.2) is 0 Å². The number of carboxylic acids is 1. The average molecular weight is 273 g/mol. The molecule has 0 saturated heterocycles. The van der Waals surface area contributed by atoms with Gasteiger partial charge in [-0.3, -0.25) is 4.79 Å². The summed E-state index contributed by atoms with van der Waals surface area (Å²) in [6, 6.07) is 4.31. The van der Waals surface area contributed by atoms with Crippen LogP contribution in [0.5, 0.6) is 0 Å². The number of carbonyl (C=O) groups is 1. The quantitative estimate of drug-likeness (QED) is 0.877. The first kappa shape index (κ1) is 12.0. The maximum atomic E-state index is 10.7. The van der Waals surface area contributed by atoms with E-state index in [1.807, 2.05) is 25.1 Å². The molecule has 0 radical (unpaired) electrons. The standard InChI is InChI=1S/C10H13BrN2O2/c1-13(2)8-4-3-6(5-7(8)11)9(12)10(14)15/h3-5,9H,12H2,1-2H3,(H,14,15). The van der Waals surface area contributed by atoms with Gasteiger partial charge in [0.1, 0.15) is 6.04 Å². The highest BCUT2D eigenvalue weighted by atomic mass is 79.9.